The minimum Gasteiger partial charge on any atom is -0.462 e. The number of carbonyl (C=O) groups is 4. The van der Waals surface area contributed by atoms with E-state index >= 15 is 0 Å². The van der Waals surface area contributed by atoms with Gasteiger partial charge in [0.2, 0.25) is 5.91 Å². The Morgan fingerprint density at radius 2 is 1.85 bits per heavy atom. The fraction of sp³-hybridized carbons (Fsp3) is 0.360. The number of carbonyl (C=O) groups excluding carboxylic acids is 4. The van der Waals surface area contributed by atoms with E-state index in [1.807, 2.05) is 19.9 Å². The smallest absolute Gasteiger partial charge is 0.338 e. The third-order valence-corrected chi connectivity index (χ3v) is 6.28. The molecule has 180 valence electrons. The summed E-state index contributed by atoms with van der Waals surface area (Å²) in [6.45, 7) is 3.99. The molecule has 0 aliphatic carbocycles. The molecule has 2 aromatic rings. The summed E-state index contributed by atoms with van der Waals surface area (Å²) in [4.78, 5) is 50.5. The van der Waals surface area contributed by atoms with Crippen LogP contribution in [-0.2, 0) is 23.9 Å². The molecule has 2 amide bonds. The van der Waals surface area contributed by atoms with E-state index in [-0.39, 0.29) is 18.9 Å². The number of anilines is 2. The molecule has 1 N–H and O–H groups in total. The summed E-state index contributed by atoms with van der Waals surface area (Å²) in [5.74, 6) is -2.37. The molecule has 0 spiro atoms. The Bertz CT molecular complexity index is 1070. The second-order valence-corrected chi connectivity index (χ2v) is 8.92. The van der Waals surface area contributed by atoms with Crippen molar-refractivity contribution in [1.29, 1.82) is 0 Å². The van der Waals surface area contributed by atoms with Crippen LogP contribution in [0.4, 0.5) is 11.4 Å². The van der Waals surface area contributed by atoms with Crippen LogP contribution >= 0.6 is 15.9 Å². The van der Waals surface area contributed by atoms with Gasteiger partial charge in [-0.1, -0.05) is 29.3 Å². The molecule has 1 aliphatic heterocycles. The van der Waals surface area contributed by atoms with Crippen molar-refractivity contribution in [3.63, 3.8) is 0 Å². The third kappa shape index (κ3) is 6.66. The quantitative estimate of drug-likeness (QED) is 0.384. The highest BCUT2D eigenvalue weighted by Crippen LogP contribution is 2.26. The number of nitrogens with zero attached hydrogens (tertiary/aromatic N) is 1. The van der Waals surface area contributed by atoms with Crippen molar-refractivity contribution in [1.82, 2.24) is 0 Å². The van der Waals surface area contributed by atoms with Crippen molar-refractivity contribution in [3.8, 4) is 0 Å². The van der Waals surface area contributed by atoms with Crippen LogP contribution in [0.15, 0.2) is 46.9 Å². The van der Waals surface area contributed by atoms with Crippen LogP contribution in [-0.4, -0.2) is 43.5 Å². The minimum absolute atomic E-state index is 0.00678. The van der Waals surface area contributed by atoms with Gasteiger partial charge in [0.05, 0.1) is 18.1 Å². The number of rotatable bonds is 9. The average Bonchev–Trinajstić information content (AvgIpc) is 3.21. The Morgan fingerprint density at radius 3 is 2.53 bits per heavy atom. The summed E-state index contributed by atoms with van der Waals surface area (Å²) >= 11 is 3.40. The van der Waals surface area contributed by atoms with Gasteiger partial charge in [0.15, 0.2) is 6.61 Å². The molecule has 1 aliphatic rings. The second-order valence-electron chi connectivity index (χ2n) is 8.06. The topological polar surface area (TPSA) is 102 Å². The summed E-state index contributed by atoms with van der Waals surface area (Å²) in [6, 6.07) is 11.8. The van der Waals surface area contributed by atoms with Gasteiger partial charge >= 0.3 is 11.9 Å². The summed E-state index contributed by atoms with van der Waals surface area (Å²) in [5.41, 5.74) is 2.53. The number of unbranched alkanes of at least 4 members (excludes halogenated alkanes) is 1. The molecule has 3 rings (SSSR count). The first-order valence-corrected chi connectivity index (χ1v) is 11.9. The third-order valence-electron chi connectivity index (χ3n) is 5.39. The molecule has 0 aromatic heterocycles. The zero-order valence-electron chi connectivity index (χ0n) is 19.1. The van der Waals surface area contributed by atoms with Crippen LogP contribution in [0.3, 0.4) is 0 Å². The SMILES string of the molecule is CCCCOC(=O)c1ccc(N2C[C@@H](C(=O)OCC(=O)Nc3ccc(Br)c(C)c3)CC2=O)cc1. The number of aryl methyl sites for hydroxylation is 1. The zero-order chi connectivity index (χ0) is 24.7. The van der Waals surface area contributed by atoms with Crippen molar-refractivity contribution in [2.45, 2.75) is 33.1 Å². The number of hydrogen-bond donors (Lipinski definition) is 1. The first-order valence-electron chi connectivity index (χ1n) is 11.1. The molecule has 0 unspecified atom stereocenters. The fourth-order valence-electron chi connectivity index (χ4n) is 3.46. The molecule has 2 aromatic carbocycles. The van der Waals surface area contributed by atoms with Crippen LogP contribution in [0.1, 0.15) is 42.1 Å². The van der Waals surface area contributed by atoms with Gasteiger partial charge in [-0.25, -0.2) is 4.79 Å². The maximum absolute atomic E-state index is 12.5. The van der Waals surface area contributed by atoms with Gasteiger partial charge < -0.3 is 19.7 Å². The maximum atomic E-state index is 12.5. The molecule has 9 heteroatoms. The molecule has 0 bridgehead atoms. The molecule has 34 heavy (non-hydrogen) atoms. The minimum atomic E-state index is -0.672. The Morgan fingerprint density at radius 1 is 1.12 bits per heavy atom. The fourth-order valence-corrected chi connectivity index (χ4v) is 3.71. The lowest BCUT2D eigenvalue weighted by Gasteiger charge is -2.17. The van der Waals surface area contributed by atoms with Gasteiger partial charge in [-0.05, 0) is 61.4 Å². The largest absolute Gasteiger partial charge is 0.462 e. The van der Waals surface area contributed by atoms with E-state index in [1.165, 1.54) is 4.90 Å². The van der Waals surface area contributed by atoms with Gasteiger partial charge in [-0.15, -0.1) is 0 Å². The van der Waals surface area contributed by atoms with Crippen molar-refractivity contribution in [3.05, 3.63) is 58.1 Å². The van der Waals surface area contributed by atoms with E-state index in [1.54, 1.807) is 36.4 Å². The number of amides is 2. The van der Waals surface area contributed by atoms with Crippen LogP contribution in [0.25, 0.3) is 0 Å². The highest BCUT2D eigenvalue weighted by Gasteiger charge is 2.36. The normalized spacial score (nSPS) is 15.2. The average molecular weight is 531 g/mol. The number of halogens is 1. The molecule has 1 saturated heterocycles. The molecule has 0 radical (unpaired) electrons. The van der Waals surface area contributed by atoms with E-state index in [4.69, 9.17) is 9.47 Å². The van der Waals surface area contributed by atoms with Crippen LogP contribution in [0.5, 0.6) is 0 Å². The Balaban J connectivity index is 1.50. The van der Waals surface area contributed by atoms with Crippen molar-refractivity contribution < 1.29 is 28.7 Å². The van der Waals surface area contributed by atoms with Gasteiger partial charge in [-0.2, -0.15) is 0 Å². The highest BCUT2D eigenvalue weighted by atomic mass is 79.9. The second kappa shape index (κ2) is 11.8. The first kappa shape index (κ1) is 25.4. The number of nitrogens with one attached hydrogen (secondary N) is 1. The lowest BCUT2D eigenvalue weighted by molar-refractivity contribution is -0.151. The predicted octanol–water partition coefficient (Wildman–Crippen LogP) is 4.25. The van der Waals surface area contributed by atoms with E-state index in [2.05, 4.69) is 21.2 Å². The zero-order valence-corrected chi connectivity index (χ0v) is 20.7. The van der Waals surface area contributed by atoms with Gasteiger partial charge in [-0.3, -0.25) is 14.4 Å². The summed E-state index contributed by atoms with van der Waals surface area (Å²) in [7, 11) is 0. The monoisotopic (exact) mass is 530 g/mol. The molecule has 1 atom stereocenters. The summed E-state index contributed by atoms with van der Waals surface area (Å²) < 4.78 is 11.3. The number of ether oxygens (including phenoxy) is 2. The Kier molecular flexibility index (Phi) is 8.81. The standard InChI is InChI=1S/C25H27BrN2O6/c1-3-4-11-33-24(31)17-5-8-20(9-6-17)28-14-18(13-23(28)30)25(32)34-15-22(29)27-19-7-10-21(26)16(2)12-19/h5-10,12,18H,3-4,11,13-15H2,1-2H3,(H,27,29)/t18-/m0/s1. The predicted molar refractivity (Wildman–Crippen MR) is 131 cm³/mol. The molecule has 1 heterocycles. The van der Waals surface area contributed by atoms with Crippen LogP contribution in [0, 0.1) is 12.8 Å². The summed E-state index contributed by atoms with van der Waals surface area (Å²) in [6.07, 6.45) is 1.73. The molecule has 0 saturated carbocycles. The van der Waals surface area contributed by atoms with E-state index in [9.17, 15) is 19.2 Å². The van der Waals surface area contributed by atoms with Crippen molar-refractivity contribution in [2.24, 2.45) is 5.92 Å². The van der Waals surface area contributed by atoms with Crippen LogP contribution in [0.2, 0.25) is 0 Å². The number of hydrogen-bond acceptors (Lipinski definition) is 6. The molecular weight excluding hydrogens is 504 g/mol. The molecular formula is C25H27BrN2O6. The lowest BCUT2D eigenvalue weighted by Crippen LogP contribution is -2.28. The molecule has 8 nitrogen and oxygen atoms in total. The first-order chi connectivity index (χ1) is 16.3. The van der Waals surface area contributed by atoms with Crippen molar-refractivity contribution >= 4 is 51.1 Å². The van der Waals surface area contributed by atoms with E-state index in [0.29, 0.717) is 23.5 Å². The Labute approximate surface area is 206 Å². The number of benzene rings is 2. The highest BCUT2D eigenvalue weighted by molar-refractivity contribution is 9.10. The Hall–Kier alpha value is -3.20. The molecule has 1 fully saturated rings. The number of esters is 2. The van der Waals surface area contributed by atoms with Crippen molar-refractivity contribution in [2.75, 3.05) is 30.0 Å². The van der Waals surface area contributed by atoms with Gasteiger partial charge in [0.25, 0.3) is 5.91 Å². The maximum Gasteiger partial charge on any atom is 0.338 e. The van der Waals surface area contributed by atoms with Crippen LogP contribution < -0.4 is 10.2 Å². The van der Waals surface area contributed by atoms with E-state index in [0.717, 1.165) is 22.9 Å². The van der Waals surface area contributed by atoms with Gasteiger partial charge in [0, 0.05) is 28.8 Å². The lowest BCUT2D eigenvalue weighted by atomic mass is 10.1. The van der Waals surface area contributed by atoms with E-state index < -0.39 is 30.4 Å². The summed E-state index contributed by atoms with van der Waals surface area (Å²) in [5, 5.41) is 2.68. The van der Waals surface area contributed by atoms with Gasteiger partial charge in [0.1, 0.15) is 0 Å².